The van der Waals surface area contributed by atoms with Crippen LogP contribution in [0.1, 0.15) is 5.56 Å². The molecule has 0 atom stereocenters. The van der Waals surface area contributed by atoms with Crippen molar-refractivity contribution >= 4 is 17.8 Å². The summed E-state index contributed by atoms with van der Waals surface area (Å²) in [4.78, 5) is 20.9. The summed E-state index contributed by atoms with van der Waals surface area (Å²) in [5.41, 5.74) is 3.29. The molecule has 8 nitrogen and oxygen atoms in total. The Labute approximate surface area is 106 Å². The molecule has 18 heavy (non-hydrogen) atoms. The minimum atomic E-state index is -0.125. The van der Waals surface area contributed by atoms with E-state index < -0.39 is 0 Å². The van der Waals surface area contributed by atoms with Gasteiger partial charge in [0, 0.05) is 38.9 Å². The van der Waals surface area contributed by atoms with E-state index in [0.29, 0.717) is 24.9 Å². The van der Waals surface area contributed by atoms with Crippen LogP contribution in [0, 0.1) is 6.92 Å². The molecule has 100 valence electrons. The molecule has 0 spiro atoms. The number of carbonyl (C=O) groups excluding carboxylic acids is 1. The van der Waals surface area contributed by atoms with Crippen LogP contribution in [0.4, 0.5) is 16.6 Å². The Bertz CT molecular complexity index is 407. The molecular formula is C10H19N7O. The van der Waals surface area contributed by atoms with Crippen LogP contribution in [0.3, 0.4) is 0 Å². The molecule has 1 aromatic rings. The van der Waals surface area contributed by atoms with E-state index in [-0.39, 0.29) is 6.03 Å². The minimum absolute atomic E-state index is 0.125. The van der Waals surface area contributed by atoms with Crippen molar-refractivity contribution in [1.29, 1.82) is 0 Å². The van der Waals surface area contributed by atoms with Gasteiger partial charge in [-0.25, -0.2) is 15.6 Å². The Morgan fingerprint density at radius 3 is 2.78 bits per heavy atom. The highest BCUT2D eigenvalue weighted by atomic mass is 16.2. The quantitative estimate of drug-likeness (QED) is 0.327. The van der Waals surface area contributed by atoms with Crippen molar-refractivity contribution in [2.24, 2.45) is 5.84 Å². The second-order valence-corrected chi connectivity index (χ2v) is 3.92. The van der Waals surface area contributed by atoms with Crippen LogP contribution in [-0.2, 0) is 0 Å². The fourth-order valence-electron chi connectivity index (χ4n) is 1.20. The maximum Gasteiger partial charge on any atom is 0.316 e. The Kier molecular flexibility index (Phi) is 5.12. The number of hydrazine groups is 1. The van der Waals surface area contributed by atoms with E-state index in [0.717, 1.165) is 5.56 Å². The number of carbonyl (C=O) groups is 1. The molecule has 0 fully saturated rings. The number of nitrogen functional groups attached to an aromatic ring is 1. The van der Waals surface area contributed by atoms with Crippen molar-refractivity contribution in [3.05, 3.63) is 11.8 Å². The lowest BCUT2D eigenvalue weighted by Gasteiger charge is -2.13. The molecule has 0 saturated heterocycles. The highest BCUT2D eigenvalue weighted by Gasteiger charge is 2.04. The number of rotatable bonds is 5. The summed E-state index contributed by atoms with van der Waals surface area (Å²) in [5, 5.41) is 5.84. The van der Waals surface area contributed by atoms with Gasteiger partial charge in [-0.1, -0.05) is 0 Å². The second-order valence-electron chi connectivity index (χ2n) is 3.92. The fraction of sp³-hybridized carbons (Fsp3) is 0.500. The lowest BCUT2D eigenvalue weighted by atomic mass is 10.3. The Balaban J connectivity index is 2.41. The van der Waals surface area contributed by atoms with E-state index in [9.17, 15) is 4.79 Å². The molecule has 5 N–H and O–H groups in total. The van der Waals surface area contributed by atoms with Gasteiger partial charge in [0.2, 0.25) is 5.95 Å². The number of aromatic nitrogens is 2. The number of aryl methyl sites for hydroxylation is 1. The maximum atomic E-state index is 11.3. The molecule has 1 aromatic heterocycles. The molecule has 0 radical (unpaired) electrons. The van der Waals surface area contributed by atoms with Gasteiger partial charge in [0.25, 0.3) is 0 Å². The van der Waals surface area contributed by atoms with E-state index in [1.807, 2.05) is 6.92 Å². The molecule has 0 bridgehead atoms. The molecule has 2 amide bonds. The third-order valence-electron chi connectivity index (χ3n) is 2.20. The number of anilines is 2. The fourth-order valence-corrected chi connectivity index (χ4v) is 1.20. The number of amides is 2. The van der Waals surface area contributed by atoms with Crippen LogP contribution in [0.2, 0.25) is 0 Å². The van der Waals surface area contributed by atoms with Crippen LogP contribution in [0.15, 0.2) is 6.20 Å². The first kappa shape index (κ1) is 14.0. The van der Waals surface area contributed by atoms with E-state index in [2.05, 4.69) is 26.0 Å². The van der Waals surface area contributed by atoms with Crippen LogP contribution in [0.5, 0.6) is 0 Å². The smallest absolute Gasteiger partial charge is 0.316 e. The lowest BCUT2D eigenvalue weighted by molar-refractivity contribution is 0.218. The monoisotopic (exact) mass is 253 g/mol. The Morgan fingerprint density at radius 2 is 2.17 bits per heavy atom. The molecule has 1 rings (SSSR count). The van der Waals surface area contributed by atoms with Crippen molar-refractivity contribution in [3.63, 3.8) is 0 Å². The van der Waals surface area contributed by atoms with Gasteiger partial charge in [-0.2, -0.15) is 4.98 Å². The van der Waals surface area contributed by atoms with Crippen molar-refractivity contribution in [2.45, 2.75) is 6.92 Å². The largest absolute Gasteiger partial charge is 0.368 e. The standard InChI is InChI=1S/C10H19N7O/c1-7-6-14-9(16-11)15-8(7)12-4-5-13-10(18)17(2)3/h6H,4-5,11H2,1-3H3,(H,13,18)(H2,12,14,15,16). The van der Waals surface area contributed by atoms with Gasteiger partial charge in [-0.05, 0) is 6.92 Å². The van der Waals surface area contributed by atoms with Crippen LogP contribution >= 0.6 is 0 Å². The highest BCUT2D eigenvalue weighted by molar-refractivity contribution is 5.73. The van der Waals surface area contributed by atoms with E-state index in [4.69, 9.17) is 5.84 Å². The number of hydrogen-bond acceptors (Lipinski definition) is 6. The second kappa shape index (κ2) is 6.60. The van der Waals surface area contributed by atoms with E-state index >= 15 is 0 Å². The van der Waals surface area contributed by atoms with Gasteiger partial charge in [0.1, 0.15) is 5.82 Å². The topological polar surface area (TPSA) is 108 Å². The van der Waals surface area contributed by atoms with Gasteiger partial charge < -0.3 is 15.5 Å². The van der Waals surface area contributed by atoms with E-state index in [1.54, 1.807) is 20.3 Å². The Hall–Kier alpha value is -2.09. The molecule has 0 saturated carbocycles. The average molecular weight is 253 g/mol. The normalized spacial score (nSPS) is 9.78. The first-order valence-corrected chi connectivity index (χ1v) is 5.54. The number of hydrogen-bond donors (Lipinski definition) is 4. The maximum absolute atomic E-state index is 11.3. The highest BCUT2D eigenvalue weighted by Crippen LogP contribution is 2.10. The molecule has 1 heterocycles. The molecule has 0 aliphatic rings. The molecular weight excluding hydrogens is 234 g/mol. The van der Waals surface area contributed by atoms with Crippen molar-refractivity contribution in [3.8, 4) is 0 Å². The Morgan fingerprint density at radius 1 is 1.44 bits per heavy atom. The average Bonchev–Trinajstić information content (AvgIpc) is 2.36. The number of nitrogens with one attached hydrogen (secondary N) is 3. The molecule has 8 heteroatoms. The van der Waals surface area contributed by atoms with E-state index in [1.165, 1.54) is 4.90 Å². The van der Waals surface area contributed by atoms with Crippen LogP contribution < -0.4 is 21.9 Å². The molecule has 0 aliphatic carbocycles. The zero-order valence-corrected chi connectivity index (χ0v) is 10.8. The summed E-state index contributed by atoms with van der Waals surface area (Å²) in [6.07, 6.45) is 1.67. The molecule has 0 unspecified atom stereocenters. The first-order chi connectivity index (χ1) is 8.54. The zero-order valence-electron chi connectivity index (χ0n) is 10.8. The molecule has 0 aromatic carbocycles. The third-order valence-corrected chi connectivity index (χ3v) is 2.20. The van der Waals surface area contributed by atoms with Gasteiger partial charge in [-0.3, -0.25) is 5.43 Å². The zero-order chi connectivity index (χ0) is 13.5. The van der Waals surface area contributed by atoms with Gasteiger partial charge in [0.15, 0.2) is 0 Å². The third kappa shape index (κ3) is 4.06. The minimum Gasteiger partial charge on any atom is -0.368 e. The van der Waals surface area contributed by atoms with Crippen molar-refractivity contribution in [2.75, 3.05) is 37.9 Å². The molecule has 0 aliphatic heterocycles. The first-order valence-electron chi connectivity index (χ1n) is 5.54. The summed E-state index contributed by atoms with van der Waals surface area (Å²) in [7, 11) is 3.38. The summed E-state index contributed by atoms with van der Waals surface area (Å²) >= 11 is 0. The van der Waals surface area contributed by atoms with Crippen molar-refractivity contribution < 1.29 is 4.79 Å². The summed E-state index contributed by atoms with van der Waals surface area (Å²) in [5.74, 6) is 6.27. The van der Waals surface area contributed by atoms with Gasteiger partial charge in [0.05, 0.1) is 0 Å². The number of urea groups is 1. The summed E-state index contributed by atoms with van der Waals surface area (Å²) < 4.78 is 0. The summed E-state index contributed by atoms with van der Waals surface area (Å²) in [6.45, 7) is 2.97. The lowest BCUT2D eigenvalue weighted by Crippen LogP contribution is -2.37. The van der Waals surface area contributed by atoms with Crippen LogP contribution in [0.25, 0.3) is 0 Å². The van der Waals surface area contributed by atoms with Gasteiger partial charge >= 0.3 is 6.03 Å². The predicted molar refractivity (Wildman–Crippen MR) is 70.2 cm³/mol. The van der Waals surface area contributed by atoms with Crippen molar-refractivity contribution in [1.82, 2.24) is 20.2 Å². The summed E-state index contributed by atoms with van der Waals surface area (Å²) in [6, 6.07) is -0.125. The number of nitrogens with zero attached hydrogens (tertiary/aromatic N) is 3. The van der Waals surface area contributed by atoms with Crippen LogP contribution in [-0.4, -0.2) is 48.1 Å². The predicted octanol–water partition coefficient (Wildman–Crippen LogP) is -0.246. The van der Waals surface area contributed by atoms with Gasteiger partial charge in [-0.15, -0.1) is 0 Å². The number of nitrogens with two attached hydrogens (primary N) is 1. The SMILES string of the molecule is Cc1cnc(NN)nc1NCCNC(=O)N(C)C.